The quantitative estimate of drug-likeness (QED) is 0.693. The number of hydrogen-bond acceptors (Lipinski definition) is 2. The van der Waals surface area contributed by atoms with Gasteiger partial charge in [0.05, 0.1) is 5.52 Å². The number of nitrogens with zero attached hydrogens (tertiary/aromatic N) is 2. The number of imidazole rings is 1. The Morgan fingerprint density at radius 1 is 1.15 bits per heavy atom. The van der Waals surface area contributed by atoms with E-state index in [2.05, 4.69) is 9.97 Å². The summed E-state index contributed by atoms with van der Waals surface area (Å²) in [6.07, 6.45) is 1.56. The Balaban J connectivity index is 2.41. The van der Waals surface area contributed by atoms with Crippen LogP contribution in [0.4, 0.5) is 13.2 Å². The first kappa shape index (κ1) is 12.9. The van der Waals surface area contributed by atoms with Crippen LogP contribution in [0.25, 0.3) is 16.9 Å². The molecule has 3 aromatic rings. The van der Waals surface area contributed by atoms with Gasteiger partial charge < -0.3 is 4.98 Å². The highest BCUT2D eigenvalue weighted by Crippen LogP contribution is 2.24. The highest BCUT2D eigenvalue weighted by atomic mass is 32.1. The first-order valence-corrected chi connectivity index (χ1v) is 6.10. The Bertz CT molecular complexity index is 859. The smallest absolute Gasteiger partial charge is 0.184 e. The molecule has 20 heavy (non-hydrogen) atoms. The maximum absolute atomic E-state index is 13.9. The predicted molar refractivity (Wildman–Crippen MR) is 70.9 cm³/mol. The molecule has 1 N–H and O–H groups in total. The minimum Gasteiger partial charge on any atom is -0.329 e. The van der Waals surface area contributed by atoms with E-state index in [1.807, 2.05) is 6.92 Å². The van der Waals surface area contributed by atoms with Crippen molar-refractivity contribution in [3.8, 4) is 5.69 Å². The highest BCUT2D eigenvalue weighted by molar-refractivity contribution is 7.71. The summed E-state index contributed by atoms with van der Waals surface area (Å²) in [5.74, 6) is -3.07. The first-order chi connectivity index (χ1) is 9.47. The van der Waals surface area contributed by atoms with Gasteiger partial charge in [0.25, 0.3) is 0 Å². The van der Waals surface area contributed by atoms with Crippen LogP contribution in [0, 0.1) is 29.1 Å². The van der Waals surface area contributed by atoms with Crippen LogP contribution in [-0.4, -0.2) is 14.5 Å². The topological polar surface area (TPSA) is 33.6 Å². The molecule has 0 aliphatic rings. The lowest BCUT2D eigenvalue weighted by molar-refractivity contribution is 0.534. The lowest BCUT2D eigenvalue weighted by Crippen LogP contribution is -2.03. The number of halogens is 3. The van der Waals surface area contributed by atoms with Crippen LogP contribution < -0.4 is 0 Å². The molecule has 0 unspecified atom stereocenters. The maximum Gasteiger partial charge on any atom is 0.184 e. The van der Waals surface area contributed by atoms with Gasteiger partial charge >= 0.3 is 0 Å². The van der Waals surface area contributed by atoms with Gasteiger partial charge in [0.2, 0.25) is 0 Å². The summed E-state index contributed by atoms with van der Waals surface area (Å²) in [4.78, 5) is 6.94. The van der Waals surface area contributed by atoms with E-state index in [1.54, 1.807) is 12.3 Å². The predicted octanol–water partition coefficient (Wildman–Crippen LogP) is 3.81. The third-order valence-electron chi connectivity index (χ3n) is 2.87. The number of rotatable bonds is 1. The Morgan fingerprint density at radius 2 is 1.80 bits per heavy atom. The largest absolute Gasteiger partial charge is 0.329 e. The van der Waals surface area contributed by atoms with Crippen molar-refractivity contribution in [2.24, 2.45) is 0 Å². The molecule has 0 fully saturated rings. The number of nitrogens with one attached hydrogen (secondary N) is 1. The number of aryl methyl sites for hydroxylation is 1. The SMILES string of the molecule is Cc1cnc2c(c1)[nH]c(=S)n2-c1c(F)cc(F)cc1F. The van der Waals surface area contributed by atoms with Crippen LogP contribution in [0.5, 0.6) is 0 Å². The van der Waals surface area contributed by atoms with Gasteiger partial charge in [-0.25, -0.2) is 18.2 Å². The average Bonchev–Trinajstić information content (AvgIpc) is 2.64. The minimum atomic E-state index is -1.04. The van der Waals surface area contributed by atoms with E-state index >= 15 is 0 Å². The molecule has 0 aliphatic heterocycles. The molecular formula is C13H8F3N3S. The standard InChI is InChI=1S/C13H8F3N3S/c1-6-2-10-12(17-5-6)19(13(20)18-10)11-8(15)3-7(14)4-9(11)16/h2-5H,1H3,(H,18,20). The van der Waals surface area contributed by atoms with Crippen LogP contribution in [-0.2, 0) is 0 Å². The molecule has 3 rings (SSSR count). The van der Waals surface area contributed by atoms with E-state index < -0.39 is 23.1 Å². The molecule has 0 saturated carbocycles. The molecule has 2 aromatic heterocycles. The van der Waals surface area contributed by atoms with E-state index in [0.29, 0.717) is 17.6 Å². The monoisotopic (exact) mass is 295 g/mol. The maximum atomic E-state index is 13.9. The van der Waals surface area contributed by atoms with Crippen molar-refractivity contribution in [1.29, 1.82) is 0 Å². The number of aromatic amines is 1. The number of pyridine rings is 1. The summed E-state index contributed by atoms with van der Waals surface area (Å²) in [7, 11) is 0. The summed E-state index contributed by atoms with van der Waals surface area (Å²) in [6.45, 7) is 1.83. The second kappa shape index (κ2) is 4.45. The highest BCUT2D eigenvalue weighted by Gasteiger charge is 2.17. The van der Waals surface area contributed by atoms with Crippen molar-refractivity contribution >= 4 is 23.4 Å². The Hall–Kier alpha value is -2.15. The first-order valence-electron chi connectivity index (χ1n) is 5.69. The molecule has 0 spiro atoms. The second-order valence-electron chi connectivity index (χ2n) is 4.37. The van der Waals surface area contributed by atoms with Gasteiger partial charge in [-0.2, -0.15) is 0 Å². The third kappa shape index (κ3) is 1.90. The van der Waals surface area contributed by atoms with Crippen LogP contribution >= 0.6 is 12.2 Å². The molecule has 1 aromatic carbocycles. The molecule has 102 valence electrons. The van der Waals surface area contributed by atoms with Crippen LogP contribution in [0.2, 0.25) is 0 Å². The van der Waals surface area contributed by atoms with Gasteiger partial charge in [-0.1, -0.05) is 0 Å². The molecule has 3 nitrogen and oxygen atoms in total. The van der Waals surface area contributed by atoms with Gasteiger partial charge in [-0.15, -0.1) is 0 Å². The van der Waals surface area contributed by atoms with Crippen molar-refractivity contribution < 1.29 is 13.2 Å². The fourth-order valence-electron chi connectivity index (χ4n) is 2.06. The van der Waals surface area contributed by atoms with Crippen LogP contribution in [0.3, 0.4) is 0 Å². The molecule has 0 aliphatic carbocycles. The molecule has 7 heteroatoms. The lowest BCUT2D eigenvalue weighted by atomic mass is 10.2. The molecule has 0 saturated heterocycles. The molecular weight excluding hydrogens is 287 g/mol. The zero-order chi connectivity index (χ0) is 14.4. The molecule has 2 heterocycles. The van der Waals surface area contributed by atoms with Gasteiger partial charge in [0.15, 0.2) is 22.1 Å². The van der Waals surface area contributed by atoms with E-state index in [1.165, 1.54) is 0 Å². The Labute approximate surface area is 116 Å². The Morgan fingerprint density at radius 3 is 2.45 bits per heavy atom. The molecule has 0 atom stereocenters. The molecule has 0 radical (unpaired) electrons. The van der Waals surface area contributed by atoms with Crippen molar-refractivity contribution in [2.75, 3.05) is 0 Å². The zero-order valence-corrected chi connectivity index (χ0v) is 11.1. The minimum absolute atomic E-state index is 0.0857. The summed E-state index contributed by atoms with van der Waals surface area (Å²) in [5.41, 5.74) is 1.27. The second-order valence-corrected chi connectivity index (χ2v) is 4.75. The summed E-state index contributed by atoms with van der Waals surface area (Å²) in [6, 6.07) is 2.97. The van der Waals surface area contributed by atoms with E-state index in [4.69, 9.17) is 12.2 Å². The van der Waals surface area contributed by atoms with Crippen molar-refractivity contribution in [3.05, 3.63) is 52.2 Å². The summed E-state index contributed by atoms with van der Waals surface area (Å²) >= 11 is 5.07. The summed E-state index contributed by atoms with van der Waals surface area (Å²) in [5, 5.41) is 0. The van der Waals surface area contributed by atoms with Crippen molar-refractivity contribution in [2.45, 2.75) is 6.92 Å². The normalized spacial score (nSPS) is 11.2. The fraction of sp³-hybridized carbons (Fsp3) is 0.0769. The Kier molecular flexibility index (Phi) is 2.86. The molecule has 0 bridgehead atoms. The van der Waals surface area contributed by atoms with Gasteiger partial charge in [-0.05, 0) is 30.8 Å². The molecule has 0 amide bonds. The van der Waals surface area contributed by atoms with Crippen molar-refractivity contribution in [3.63, 3.8) is 0 Å². The van der Waals surface area contributed by atoms with Crippen molar-refractivity contribution in [1.82, 2.24) is 14.5 Å². The van der Waals surface area contributed by atoms with E-state index in [9.17, 15) is 13.2 Å². The lowest BCUT2D eigenvalue weighted by Gasteiger charge is -2.07. The zero-order valence-electron chi connectivity index (χ0n) is 10.2. The third-order valence-corrected chi connectivity index (χ3v) is 3.15. The van der Waals surface area contributed by atoms with Crippen LogP contribution in [0.1, 0.15) is 5.56 Å². The summed E-state index contributed by atoms with van der Waals surface area (Å²) < 4.78 is 41.9. The average molecular weight is 295 g/mol. The number of hydrogen-bond donors (Lipinski definition) is 1. The van der Waals surface area contributed by atoms with Crippen LogP contribution in [0.15, 0.2) is 24.4 Å². The van der Waals surface area contributed by atoms with E-state index in [-0.39, 0.29) is 10.4 Å². The number of aromatic nitrogens is 3. The van der Waals surface area contributed by atoms with E-state index in [0.717, 1.165) is 10.1 Å². The fourth-order valence-corrected chi connectivity index (χ4v) is 2.34. The van der Waals surface area contributed by atoms with Gasteiger partial charge in [0.1, 0.15) is 11.5 Å². The number of fused-ring (bicyclic) bond motifs is 1. The number of H-pyrrole nitrogens is 1. The van der Waals surface area contributed by atoms with Gasteiger partial charge in [0, 0.05) is 18.3 Å². The van der Waals surface area contributed by atoms with Gasteiger partial charge in [-0.3, -0.25) is 4.57 Å². The number of benzene rings is 1.